The Kier molecular flexibility index (Phi) is 9.19. The molecule has 8 heteroatoms. The fraction of sp³-hybridized carbons (Fsp3) is 0.115. The molecule has 0 radical (unpaired) electrons. The van der Waals surface area contributed by atoms with Crippen LogP contribution in [0.5, 0.6) is 11.5 Å². The molecule has 0 saturated carbocycles. The minimum absolute atomic E-state index is 0.0399. The zero-order valence-corrected chi connectivity index (χ0v) is 19.4. The second-order valence-corrected chi connectivity index (χ2v) is 7.41. The van der Waals surface area contributed by atoms with Crippen LogP contribution in [0.3, 0.4) is 0 Å². The molecular weight excluding hydrogens is 450 g/mol. The summed E-state index contributed by atoms with van der Waals surface area (Å²) in [5, 5.41) is 2.41. The maximum absolute atomic E-state index is 12.0. The Hall–Kier alpha value is -4.17. The number of ether oxygens (including phenoxy) is 2. The first-order chi connectivity index (χ1) is 16.5. The summed E-state index contributed by atoms with van der Waals surface area (Å²) in [5.41, 5.74) is 7.83. The standard InChI is InChI=1S/C26H25N3O4S/c1-2-32-22-13-8-19(9-14-22)10-17-24(30)27-26(34)29-28-25(31)18-33-23-15-11-21(12-16-23)20-6-4-3-5-7-20/h3-17H,2,18H2,1H3,(H,28,31)(H2,27,29,30,34)/b17-10+. The van der Waals surface area contributed by atoms with Gasteiger partial charge in [-0.1, -0.05) is 54.6 Å². The van der Waals surface area contributed by atoms with Gasteiger partial charge in [0.2, 0.25) is 5.91 Å². The topological polar surface area (TPSA) is 88.7 Å². The van der Waals surface area contributed by atoms with Crippen molar-refractivity contribution in [1.29, 1.82) is 0 Å². The molecule has 2 amide bonds. The molecule has 3 rings (SSSR count). The smallest absolute Gasteiger partial charge is 0.276 e. The summed E-state index contributed by atoms with van der Waals surface area (Å²) in [4.78, 5) is 24.0. The van der Waals surface area contributed by atoms with Gasteiger partial charge in [-0.2, -0.15) is 0 Å². The zero-order valence-electron chi connectivity index (χ0n) is 18.6. The normalized spacial score (nSPS) is 10.4. The van der Waals surface area contributed by atoms with E-state index < -0.39 is 11.8 Å². The van der Waals surface area contributed by atoms with Crippen LogP contribution in [0.4, 0.5) is 0 Å². The number of carbonyl (C=O) groups excluding carboxylic acids is 2. The second kappa shape index (κ2) is 12.8. The van der Waals surface area contributed by atoms with Crippen LogP contribution in [-0.2, 0) is 9.59 Å². The largest absolute Gasteiger partial charge is 0.494 e. The van der Waals surface area contributed by atoms with Crippen molar-refractivity contribution in [2.45, 2.75) is 6.92 Å². The summed E-state index contributed by atoms with van der Waals surface area (Å²) in [6.07, 6.45) is 2.98. The van der Waals surface area contributed by atoms with Crippen LogP contribution in [0.1, 0.15) is 12.5 Å². The van der Waals surface area contributed by atoms with Crippen LogP contribution in [-0.4, -0.2) is 30.1 Å². The van der Waals surface area contributed by atoms with E-state index in [0.29, 0.717) is 12.4 Å². The minimum atomic E-state index is -0.450. The average Bonchev–Trinajstić information content (AvgIpc) is 2.87. The number of amides is 2. The molecule has 0 aromatic heterocycles. The van der Waals surface area contributed by atoms with E-state index in [1.54, 1.807) is 18.2 Å². The van der Waals surface area contributed by atoms with Gasteiger partial charge in [0.05, 0.1) is 6.61 Å². The lowest BCUT2D eigenvalue weighted by atomic mass is 10.1. The molecule has 0 unspecified atom stereocenters. The lowest BCUT2D eigenvalue weighted by molar-refractivity contribution is -0.123. The molecule has 0 atom stereocenters. The lowest BCUT2D eigenvalue weighted by Gasteiger charge is -2.11. The van der Waals surface area contributed by atoms with Crippen LogP contribution in [0.15, 0.2) is 84.9 Å². The van der Waals surface area contributed by atoms with E-state index in [1.165, 1.54) is 6.08 Å². The highest BCUT2D eigenvalue weighted by molar-refractivity contribution is 7.80. The van der Waals surface area contributed by atoms with Gasteiger partial charge in [0.25, 0.3) is 5.91 Å². The first kappa shape index (κ1) is 24.5. The van der Waals surface area contributed by atoms with Gasteiger partial charge in [0.15, 0.2) is 11.7 Å². The number of hydrogen-bond donors (Lipinski definition) is 3. The van der Waals surface area contributed by atoms with E-state index in [0.717, 1.165) is 22.4 Å². The third kappa shape index (κ3) is 8.07. The minimum Gasteiger partial charge on any atom is -0.494 e. The van der Waals surface area contributed by atoms with Gasteiger partial charge in [0.1, 0.15) is 11.5 Å². The van der Waals surface area contributed by atoms with Crippen LogP contribution in [0.2, 0.25) is 0 Å². The van der Waals surface area contributed by atoms with Crippen LogP contribution in [0, 0.1) is 0 Å². The highest BCUT2D eigenvalue weighted by Crippen LogP contribution is 2.22. The molecule has 0 spiro atoms. The molecule has 3 aromatic carbocycles. The Bertz CT molecular complexity index is 1130. The first-order valence-corrected chi connectivity index (χ1v) is 11.0. The number of carbonyl (C=O) groups is 2. The first-order valence-electron chi connectivity index (χ1n) is 10.6. The molecule has 3 aromatic rings. The highest BCUT2D eigenvalue weighted by Gasteiger charge is 2.06. The van der Waals surface area contributed by atoms with E-state index >= 15 is 0 Å². The Morgan fingerprint density at radius 1 is 0.824 bits per heavy atom. The number of rotatable bonds is 8. The predicted molar refractivity (Wildman–Crippen MR) is 136 cm³/mol. The molecule has 7 nitrogen and oxygen atoms in total. The molecule has 0 aliphatic carbocycles. The van der Waals surface area contributed by atoms with Crippen molar-refractivity contribution in [1.82, 2.24) is 16.2 Å². The fourth-order valence-corrected chi connectivity index (χ4v) is 3.04. The highest BCUT2D eigenvalue weighted by atomic mass is 32.1. The van der Waals surface area contributed by atoms with Crippen molar-refractivity contribution in [3.63, 3.8) is 0 Å². The number of hydrazine groups is 1. The molecule has 0 bridgehead atoms. The molecule has 0 aliphatic rings. The summed E-state index contributed by atoms with van der Waals surface area (Å²) in [6.45, 7) is 2.29. The Morgan fingerprint density at radius 2 is 1.44 bits per heavy atom. The number of hydrogen-bond acceptors (Lipinski definition) is 5. The van der Waals surface area contributed by atoms with Crippen molar-refractivity contribution in [2.75, 3.05) is 13.2 Å². The SMILES string of the molecule is CCOc1ccc(/C=C/C(=O)NC(=S)NNC(=O)COc2ccc(-c3ccccc3)cc2)cc1. The maximum Gasteiger partial charge on any atom is 0.276 e. The summed E-state index contributed by atoms with van der Waals surface area (Å²) >= 11 is 5.02. The van der Waals surface area contributed by atoms with Gasteiger partial charge in [-0.3, -0.25) is 25.8 Å². The molecule has 0 fully saturated rings. The molecule has 0 aliphatic heterocycles. The monoisotopic (exact) mass is 475 g/mol. The third-order valence-electron chi connectivity index (χ3n) is 4.50. The van der Waals surface area contributed by atoms with Gasteiger partial charge in [-0.05, 0) is 66.2 Å². The van der Waals surface area contributed by atoms with Gasteiger partial charge in [-0.25, -0.2) is 0 Å². The summed E-state index contributed by atoms with van der Waals surface area (Å²) in [7, 11) is 0. The predicted octanol–water partition coefficient (Wildman–Crippen LogP) is 3.87. The van der Waals surface area contributed by atoms with Gasteiger partial charge < -0.3 is 9.47 Å². The van der Waals surface area contributed by atoms with Gasteiger partial charge in [0, 0.05) is 6.08 Å². The lowest BCUT2D eigenvalue weighted by Crippen LogP contribution is -2.49. The molecule has 0 saturated heterocycles. The van der Waals surface area contributed by atoms with Crippen molar-refractivity contribution in [2.24, 2.45) is 0 Å². The van der Waals surface area contributed by atoms with E-state index in [-0.39, 0.29) is 11.7 Å². The van der Waals surface area contributed by atoms with E-state index in [9.17, 15) is 9.59 Å². The number of nitrogens with one attached hydrogen (secondary N) is 3. The molecule has 3 N–H and O–H groups in total. The summed E-state index contributed by atoms with van der Waals surface area (Å²) < 4.78 is 10.9. The number of benzene rings is 3. The van der Waals surface area contributed by atoms with Crippen LogP contribution in [0.25, 0.3) is 17.2 Å². The van der Waals surface area contributed by atoms with Crippen LogP contribution >= 0.6 is 12.2 Å². The van der Waals surface area contributed by atoms with Gasteiger partial charge >= 0.3 is 0 Å². The van der Waals surface area contributed by atoms with E-state index in [2.05, 4.69) is 16.2 Å². The third-order valence-corrected chi connectivity index (χ3v) is 4.71. The summed E-state index contributed by atoms with van der Waals surface area (Å²) in [5.74, 6) is 0.438. The quantitative estimate of drug-likeness (QED) is 0.260. The molecule has 174 valence electrons. The van der Waals surface area contributed by atoms with Crippen molar-refractivity contribution < 1.29 is 19.1 Å². The fourth-order valence-electron chi connectivity index (χ4n) is 2.88. The Morgan fingerprint density at radius 3 is 2.12 bits per heavy atom. The average molecular weight is 476 g/mol. The van der Waals surface area contributed by atoms with Crippen molar-refractivity contribution in [3.05, 3.63) is 90.5 Å². The zero-order chi connectivity index (χ0) is 24.2. The van der Waals surface area contributed by atoms with Gasteiger partial charge in [-0.15, -0.1) is 0 Å². The Balaban J connectivity index is 1.36. The maximum atomic E-state index is 12.0. The van der Waals surface area contributed by atoms with E-state index in [1.807, 2.05) is 73.7 Å². The summed E-state index contributed by atoms with van der Waals surface area (Å²) in [6, 6.07) is 24.7. The van der Waals surface area contributed by atoms with Crippen LogP contribution < -0.4 is 25.6 Å². The second-order valence-electron chi connectivity index (χ2n) is 7.01. The molecular formula is C26H25N3O4S. The molecule has 0 heterocycles. The van der Waals surface area contributed by atoms with E-state index in [4.69, 9.17) is 21.7 Å². The van der Waals surface area contributed by atoms with Crippen molar-refractivity contribution in [3.8, 4) is 22.6 Å². The van der Waals surface area contributed by atoms with Crippen molar-refractivity contribution >= 4 is 35.2 Å². The number of thiocarbonyl (C=S) groups is 1. The molecule has 34 heavy (non-hydrogen) atoms. The Labute approximate surface area is 203 Å².